The summed E-state index contributed by atoms with van der Waals surface area (Å²) in [7, 11) is 0. The first kappa shape index (κ1) is 30.1. The van der Waals surface area contributed by atoms with Crippen LogP contribution in [0.5, 0.6) is 0 Å². The molecule has 3 nitrogen and oxygen atoms in total. The highest BCUT2D eigenvalue weighted by Crippen LogP contribution is 2.50. The Morgan fingerprint density at radius 3 is 1.49 bits per heavy atom. The molecule has 0 spiro atoms. The van der Waals surface area contributed by atoms with Crippen LogP contribution in [0.1, 0.15) is 0 Å². The van der Waals surface area contributed by atoms with E-state index in [2.05, 4.69) is 164 Å². The van der Waals surface area contributed by atoms with Crippen LogP contribution in [0.15, 0.2) is 195 Å². The van der Waals surface area contributed by atoms with Gasteiger partial charge in [-0.25, -0.2) is 0 Å². The van der Waals surface area contributed by atoms with Crippen LogP contribution in [-0.4, -0.2) is 0 Å². The van der Waals surface area contributed by atoms with Gasteiger partial charge in [0.15, 0.2) is 0 Å². The summed E-state index contributed by atoms with van der Waals surface area (Å²) >= 11 is 0. The minimum absolute atomic E-state index is 0.826. The molecule has 0 radical (unpaired) electrons. The van der Waals surface area contributed by atoms with Crippen LogP contribution < -0.4 is 0 Å². The molecule has 0 aliphatic rings. The maximum atomic E-state index is 6.82. The van der Waals surface area contributed by atoms with E-state index in [4.69, 9.17) is 13.3 Å². The van der Waals surface area contributed by atoms with E-state index in [-0.39, 0.29) is 0 Å². The van der Waals surface area contributed by atoms with Gasteiger partial charge in [0.2, 0.25) is 0 Å². The van der Waals surface area contributed by atoms with Gasteiger partial charge >= 0.3 is 0 Å². The first-order valence-corrected chi connectivity index (χ1v) is 18.7. The number of hydrogen-bond acceptors (Lipinski definition) is 3. The highest BCUT2D eigenvalue weighted by atomic mass is 16.3. The van der Waals surface area contributed by atoms with Gasteiger partial charge in [0, 0.05) is 49.2 Å². The molecule has 0 aliphatic carbocycles. The largest absolute Gasteiger partial charge is 0.456 e. The van der Waals surface area contributed by atoms with Crippen molar-refractivity contribution in [2.45, 2.75) is 0 Å². The fourth-order valence-corrected chi connectivity index (χ4v) is 8.96. The van der Waals surface area contributed by atoms with Crippen molar-refractivity contribution in [1.29, 1.82) is 0 Å². The molecule has 3 heteroatoms. The molecule has 256 valence electrons. The smallest absolute Gasteiger partial charge is 0.143 e. The van der Waals surface area contributed by atoms with Crippen molar-refractivity contribution in [1.82, 2.24) is 0 Å². The van der Waals surface area contributed by atoms with Crippen LogP contribution in [0.4, 0.5) is 0 Å². The minimum Gasteiger partial charge on any atom is -0.456 e. The fraction of sp³-hybridized carbons (Fsp3) is 0. The summed E-state index contributed by atoms with van der Waals surface area (Å²) in [5, 5.41) is 10.0. The van der Waals surface area contributed by atoms with Crippen LogP contribution in [0.2, 0.25) is 0 Å². The summed E-state index contributed by atoms with van der Waals surface area (Å²) in [5.74, 6) is 0.853. The maximum Gasteiger partial charge on any atom is 0.143 e. The van der Waals surface area contributed by atoms with E-state index in [1.54, 1.807) is 0 Å². The second-order valence-corrected chi connectivity index (χ2v) is 14.3. The third kappa shape index (κ3) is 4.38. The van der Waals surface area contributed by atoms with Crippen molar-refractivity contribution in [3.8, 4) is 44.7 Å². The highest BCUT2D eigenvalue weighted by Gasteiger charge is 2.24. The van der Waals surface area contributed by atoms with Gasteiger partial charge in [-0.2, -0.15) is 0 Å². The summed E-state index contributed by atoms with van der Waals surface area (Å²) in [5.41, 5.74) is 12.1. The highest BCUT2D eigenvalue weighted by molar-refractivity contribution is 6.28. The Hall–Kier alpha value is -7.36. The topological polar surface area (TPSA) is 39.4 Å². The van der Waals surface area contributed by atoms with Crippen LogP contribution in [0.25, 0.3) is 121 Å². The van der Waals surface area contributed by atoms with Crippen LogP contribution in [0.3, 0.4) is 0 Å². The van der Waals surface area contributed by atoms with Gasteiger partial charge in [-0.15, -0.1) is 0 Å². The molecule has 9 aromatic carbocycles. The van der Waals surface area contributed by atoms with Gasteiger partial charge in [-0.05, 0) is 62.5 Å². The van der Waals surface area contributed by atoms with E-state index in [0.29, 0.717) is 0 Å². The quantitative estimate of drug-likeness (QED) is 0.171. The molecule has 3 aromatic heterocycles. The van der Waals surface area contributed by atoms with Crippen molar-refractivity contribution < 1.29 is 13.3 Å². The second-order valence-electron chi connectivity index (χ2n) is 14.3. The Morgan fingerprint density at radius 2 is 0.782 bits per heavy atom. The third-order valence-electron chi connectivity index (χ3n) is 11.3. The normalized spacial score (nSPS) is 12.0. The summed E-state index contributed by atoms with van der Waals surface area (Å²) in [4.78, 5) is 0. The predicted molar refractivity (Wildman–Crippen MR) is 228 cm³/mol. The van der Waals surface area contributed by atoms with Gasteiger partial charge in [0.05, 0.1) is 0 Å². The number of furan rings is 3. The van der Waals surface area contributed by atoms with Crippen molar-refractivity contribution in [3.05, 3.63) is 182 Å². The second kappa shape index (κ2) is 11.6. The lowest BCUT2D eigenvalue weighted by atomic mass is 9.84. The van der Waals surface area contributed by atoms with Gasteiger partial charge in [0.25, 0.3) is 0 Å². The molecular weight excluding hydrogens is 673 g/mol. The predicted octanol–water partition coefficient (Wildman–Crippen LogP) is 15.2. The van der Waals surface area contributed by atoms with Crippen molar-refractivity contribution >= 4 is 76.4 Å². The lowest BCUT2D eigenvalue weighted by molar-refractivity contribution is 0.632. The van der Waals surface area contributed by atoms with E-state index >= 15 is 0 Å². The standard InChI is InChI=1S/C52H30O3/c1-3-15-31(16-4-1)47-41-29-45-42(30-46(41)55-51(47)32-17-5-2-6-18-32)50-39(25-14-28-44(50)53-45)48-34-20-7-9-22-36(34)49(37-23-10-8-21-35(37)48)40-26-13-24-38-33-19-11-12-27-43(33)54-52(38)40/h1-30H. The Balaban J connectivity index is 1.16. The lowest BCUT2D eigenvalue weighted by Crippen LogP contribution is -1.91. The van der Waals surface area contributed by atoms with E-state index in [9.17, 15) is 0 Å². The lowest BCUT2D eigenvalue weighted by Gasteiger charge is -2.18. The number of benzene rings is 9. The Labute approximate surface area is 315 Å². The minimum atomic E-state index is 0.826. The van der Waals surface area contributed by atoms with Crippen LogP contribution >= 0.6 is 0 Å². The molecule has 0 unspecified atom stereocenters. The number of rotatable bonds is 4. The average molecular weight is 703 g/mol. The molecule has 12 rings (SSSR count). The van der Waals surface area contributed by atoms with Crippen LogP contribution in [0, 0.1) is 0 Å². The van der Waals surface area contributed by atoms with E-state index in [1.807, 2.05) is 18.2 Å². The van der Waals surface area contributed by atoms with E-state index < -0.39 is 0 Å². The Kier molecular flexibility index (Phi) is 6.34. The van der Waals surface area contributed by atoms with Crippen LogP contribution in [-0.2, 0) is 0 Å². The number of para-hydroxylation sites is 2. The van der Waals surface area contributed by atoms with Gasteiger partial charge in [-0.1, -0.05) is 158 Å². The van der Waals surface area contributed by atoms with Gasteiger partial charge < -0.3 is 13.3 Å². The molecule has 0 amide bonds. The van der Waals surface area contributed by atoms with Crippen molar-refractivity contribution in [2.24, 2.45) is 0 Å². The molecule has 0 aliphatic heterocycles. The monoisotopic (exact) mass is 702 g/mol. The van der Waals surface area contributed by atoms with Crippen molar-refractivity contribution in [3.63, 3.8) is 0 Å². The molecule has 0 atom stereocenters. The first-order chi connectivity index (χ1) is 27.3. The molecule has 0 saturated carbocycles. The fourth-order valence-electron chi connectivity index (χ4n) is 8.96. The molecule has 12 aromatic rings. The summed E-state index contributed by atoms with van der Waals surface area (Å²) in [6, 6.07) is 64.0. The Morgan fingerprint density at radius 1 is 0.273 bits per heavy atom. The SMILES string of the molecule is c1ccc(-c2oc3cc4c(cc3c2-c2ccccc2)oc2cccc(-c3c5ccccc5c(-c5cccc6c5oc5ccccc56)c5ccccc35)c24)cc1. The van der Waals surface area contributed by atoms with E-state index in [0.717, 1.165) is 88.4 Å². The Bertz CT molecular complexity index is 3420. The zero-order chi connectivity index (χ0) is 36.0. The molecule has 0 bridgehead atoms. The number of hydrogen-bond donors (Lipinski definition) is 0. The van der Waals surface area contributed by atoms with Crippen molar-refractivity contribution in [2.75, 3.05) is 0 Å². The zero-order valence-electron chi connectivity index (χ0n) is 29.5. The first-order valence-electron chi connectivity index (χ1n) is 18.7. The van der Waals surface area contributed by atoms with E-state index in [1.165, 1.54) is 32.7 Å². The molecule has 55 heavy (non-hydrogen) atoms. The molecular formula is C52H30O3. The zero-order valence-corrected chi connectivity index (χ0v) is 29.5. The maximum absolute atomic E-state index is 6.82. The average Bonchev–Trinajstić information content (AvgIpc) is 3.94. The van der Waals surface area contributed by atoms with Gasteiger partial charge in [-0.3, -0.25) is 0 Å². The molecule has 0 N–H and O–H groups in total. The summed E-state index contributed by atoms with van der Waals surface area (Å²) < 4.78 is 20.2. The summed E-state index contributed by atoms with van der Waals surface area (Å²) in [6.07, 6.45) is 0. The number of fused-ring (bicyclic) bond motifs is 9. The summed E-state index contributed by atoms with van der Waals surface area (Å²) in [6.45, 7) is 0. The third-order valence-corrected chi connectivity index (χ3v) is 11.3. The molecule has 0 saturated heterocycles. The molecule has 0 fully saturated rings. The molecule has 3 heterocycles. The van der Waals surface area contributed by atoms with Gasteiger partial charge in [0.1, 0.15) is 33.7 Å².